The lowest BCUT2D eigenvalue weighted by Crippen LogP contribution is -2.24. The Bertz CT molecular complexity index is 1020. The van der Waals surface area contributed by atoms with Crippen molar-refractivity contribution in [2.24, 2.45) is 5.73 Å². The number of halogens is 1. The Morgan fingerprint density at radius 3 is 2.80 bits per heavy atom. The number of carbonyl (C=O) groups excluding carboxylic acids is 1. The van der Waals surface area contributed by atoms with Crippen molar-refractivity contribution in [3.8, 4) is 11.1 Å². The molecule has 2 heterocycles. The molecular weight excluding hydrogens is 402 g/mol. The molecule has 0 atom stereocenters. The molecule has 25 heavy (non-hydrogen) atoms. The smallest absolute Gasteiger partial charge is 0.262 e. The third-order valence-electron chi connectivity index (χ3n) is 4.10. The van der Waals surface area contributed by atoms with Crippen LogP contribution in [-0.2, 0) is 11.3 Å². The van der Waals surface area contributed by atoms with Crippen LogP contribution in [-0.4, -0.2) is 15.5 Å². The quantitative estimate of drug-likeness (QED) is 0.683. The van der Waals surface area contributed by atoms with Crippen LogP contribution in [0.5, 0.6) is 0 Å². The summed E-state index contributed by atoms with van der Waals surface area (Å²) in [6.07, 6.45) is 0.778. The van der Waals surface area contributed by atoms with Crippen LogP contribution in [0.4, 0.5) is 0 Å². The average Bonchev–Trinajstić information content (AvgIpc) is 2.96. The van der Waals surface area contributed by atoms with Crippen molar-refractivity contribution < 1.29 is 4.79 Å². The lowest BCUT2D eigenvalue weighted by Gasteiger charge is -2.10. The highest BCUT2D eigenvalue weighted by Gasteiger charge is 2.17. The standard InChI is InChI=1S/C18H18BrN3O2S/c1-10-5-6-14(19)12(8-10)13-9-25-17-16(13)18(24)22(11(2)21-17)7-3-4-15(20)23/h5-6,8-9H,3-4,7H2,1-2H3,(H2,20,23). The Morgan fingerprint density at radius 2 is 2.08 bits per heavy atom. The fourth-order valence-electron chi connectivity index (χ4n) is 2.84. The molecule has 0 radical (unpaired) electrons. The number of nitrogens with two attached hydrogens (primary N) is 1. The third kappa shape index (κ3) is 3.52. The monoisotopic (exact) mass is 419 g/mol. The van der Waals surface area contributed by atoms with Crippen LogP contribution in [0.25, 0.3) is 21.3 Å². The molecule has 3 aromatic rings. The molecule has 1 amide bonds. The van der Waals surface area contributed by atoms with Gasteiger partial charge in [-0.3, -0.25) is 14.2 Å². The Hall–Kier alpha value is -1.99. The average molecular weight is 420 g/mol. The number of thiophene rings is 1. The molecule has 0 aliphatic carbocycles. The summed E-state index contributed by atoms with van der Waals surface area (Å²) in [5, 5.41) is 2.60. The number of primary amides is 1. The first-order valence-electron chi connectivity index (χ1n) is 7.92. The fraction of sp³-hybridized carbons (Fsp3) is 0.278. The highest BCUT2D eigenvalue weighted by Crippen LogP contribution is 2.36. The normalized spacial score (nSPS) is 11.2. The lowest BCUT2D eigenvalue weighted by molar-refractivity contribution is -0.118. The topological polar surface area (TPSA) is 78.0 Å². The molecular formula is C18H18BrN3O2S. The number of benzene rings is 1. The molecule has 130 valence electrons. The maximum atomic E-state index is 13.1. The number of aromatic nitrogens is 2. The minimum absolute atomic E-state index is 0.0726. The van der Waals surface area contributed by atoms with E-state index < -0.39 is 0 Å². The van der Waals surface area contributed by atoms with Crippen LogP contribution in [0.15, 0.2) is 32.8 Å². The van der Waals surface area contributed by atoms with Gasteiger partial charge in [0.25, 0.3) is 5.56 Å². The number of hydrogen-bond acceptors (Lipinski definition) is 4. The summed E-state index contributed by atoms with van der Waals surface area (Å²) in [6.45, 7) is 4.27. The van der Waals surface area contributed by atoms with Crippen molar-refractivity contribution in [2.45, 2.75) is 33.2 Å². The van der Waals surface area contributed by atoms with Gasteiger partial charge in [0.15, 0.2) is 0 Å². The Labute approximate surface area is 157 Å². The minimum Gasteiger partial charge on any atom is -0.370 e. The van der Waals surface area contributed by atoms with Crippen molar-refractivity contribution >= 4 is 43.4 Å². The van der Waals surface area contributed by atoms with Crippen molar-refractivity contribution in [3.05, 3.63) is 49.8 Å². The van der Waals surface area contributed by atoms with Crippen molar-refractivity contribution in [1.29, 1.82) is 0 Å². The van der Waals surface area contributed by atoms with E-state index in [1.807, 2.05) is 31.4 Å². The molecule has 3 rings (SSSR count). The Balaban J connectivity index is 2.15. The van der Waals surface area contributed by atoms with E-state index in [0.717, 1.165) is 26.0 Å². The predicted octanol–water partition coefficient (Wildman–Crippen LogP) is 3.77. The predicted molar refractivity (Wildman–Crippen MR) is 105 cm³/mol. The van der Waals surface area contributed by atoms with Crippen LogP contribution in [0.1, 0.15) is 24.2 Å². The molecule has 0 bridgehead atoms. The zero-order valence-corrected chi connectivity index (χ0v) is 16.4. The number of nitrogens with zero attached hydrogens (tertiary/aromatic N) is 2. The van der Waals surface area contributed by atoms with Crippen LogP contribution in [0.2, 0.25) is 0 Å². The fourth-order valence-corrected chi connectivity index (χ4v) is 4.28. The number of hydrogen-bond donors (Lipinski definition) is 1. The van der Waals surface area contributed by atoms with Gasteiger partial charge in [-0.05, 0) is 31.9 Å². The van der Waals surface area contributed by atoms with Crippen LogP contribution in [0.3, 0.4) is 0 Å². The van der Waals surface area contributed by atoms with Crippen LogP contribution in [0, 0.1) is 13.8 Å². The summed E-state index contributed by atoms with van der Waals surface area (Å²) in [5.74, 6) is 0.290. The van der Waals surface area contributed by atoms with E-state index in [-0.39, 0.29) is 17.9 Å². The van der Waals surface area contributed by atoms with Gasteiger partial charge in [-0.15, -0.1) is 11.3 Å². The van der Waals surface area contributed by atoms with Gasteiger partial charge in [0.1, 0.15) is 10.7 Å². The summed E-state index contributed by atoms with van der Waals surface area (Å²) in [5.41, 5.74) is 8.11. The molecule has 7 heteroatoms. The van der Waals surface area contributed by atoms with Gasteiger partial charge in [-0.1, -0.05) is 33.6 Å². The highest BCUT2D eigenvalue weighted by molar-refractivity contribution is 9.10. The van der Waals surface area contributed by atoms with Crippen LogP contribution >= 0.6 is 27.3 Å². The second kappa shape index (κ2) is 7.09. The molecule has 0 spiro atoms. The van der Waals surface area contributed by atoms with Crippen molar-refractivity contribution in [1.82, 2.24) is 9.55 Å². The first kappa shape index (κ1) is 17.8. The van der Waals surface area contributed by atoms with Crippen molar-refractivity contribution in [2.75, 3.05) is 0 Å². The number of amides is 1. The van der Waals surface area contributed by atoms with E-state index in [0.29, 0.717) is 24.2 Å². The number of aryl methyl sites for hydroxylation is 2. The van der Waals surface area contributed by atoms with E-state index in [2.05, 4.69) is 27.0 Å². The van der Waals surface area contributed by atoms with Gasteiger partial charge < -0.3 is 5.73 Å². The molecule has 0 unspecified atom stereocenters. The summed E-state index contributed by atoms with van der Waals surface area (Å²) in [6, 6.07) is 6.07. The van der Waals surface area contributed by atoms with Gasteiger partial charge in [0, 0.05) is 28.4 Å². The van der Waals surface area contributed by atoms with Crippen molar-refractivity contribution in [3.63, 3.8) is 0 Å². The first-order valence-corrected chi connectivity index (χ1v) is 9.59. The van der Waals surface area contributed by atoms with Crippen LogP contribution < -0.4 is 11.3 Å². The van der Waals surface area contributed by atoms with E-state index in [9.17, 15) is 9.59 Å². The third-order valence-corrected chi connectivity index (χ3v) is 5.67. The summed E-state index contributed by atoms with van der Waals surface area (Å²) in [7, 11) is 0. The number of rotatable bonds is 5. The SMILES string of the molecule is Cc1ccc(Br)c(-c2csc3nc(C)n(CCCC(N)=O)c(=O)c23)c1. The van der Waals surface area contributed by atoms with E-state index in [1.54, 1.807) is 4.57 Å². The maximum absolute atomic E-state index is 13.1. The molecule has 0 fully saturated rings. The largest absolute Gasteiger partial charge is 0.370 e. The molecule has 2 N–H and O–H groups in total. The van der Waals surface area contributed by atoms with Gasteiger partial charge >= 0.3 is 0 Å². The molecule has 2 aromatic heterocycles. The van der Waals surface area contributed by atoms with E-state index in [4.69, 9.17) is 5.73 Å². The zero-order chi connectivity index (χ0) is 18.1. The summed E-state index contributed by atoms with van der Waals surface area (Å²) < 4.78 is 2.57. The van der Waals surface area contributed by atoms with Gasteiger partial charge in [-0.2, -0.15) is 0 Å². The lowest BCUT2D eigenvalue weighted by atomic mass is 10.0. The van der Waals surface area contributed by atoms with Gasteiger partial charge in [0.05, 0.1) is 5.39 Å². The summed E-state index contributed by atoms with van der Waals surface area (Å²) in [4.78, 5) is 29.3. The number of carbonyl (C=O) groups is 1. The second-order valence-electron chi connectivity index (χ2n) is 6.00. The molecule has 0 saturated carbocycles. The Morgan fingerprint density at radius 1 is 1.32 bits per heavy atom. The molecule has 0 aliphatic rings. The second-order valence-corrected chi connectivity index (χ2v) is 7.71. The first-order chi connectivity index (χ1) is 11.9. The molecule has 0 aliphatic heterocycles. The molecule has 0 saturated heterocycles. The highest BCUT2D eigenvalue weighted by atomic mass is 79.9. The van der Waals surface area contributed by atoms with Gasteiger partial charge in [-0.25, -0.2) is 4.98 Å². The summed E-state index contributed by atoms with van der Waals surface area (Å²) >= 11 is 5.05. The minimum atomic E-state index is -0.361. The van der Waals surface area contributed by atoms with Gasteiger partial charge in [0.2, 0.25) is 5.91 Å². The maximum Gasteiger partial charge on any atom is 0.262 e. The zero-order valence-electron chi connectivity index (χ0n) is 14.0. The van der Waals surface area contributed by atoms with E-state index >= 15 is 0 Å². The molecule has 1 aromatic carbocycles. The number of fused-ring (bicyclic) bond motifs is 1. The van der Waals surface area contributed by atoms with E-state index in [1.165, 1.54) is 11.3 Å². The molecule has 5 nitrogen and oxygen atoms in total. The Kier molecular flexibility index (Phi) is 5.06.